The average Bonchev–Trinajstić information content (AvgIpc) is 3.30. The molecule has 0 amide bonds. The second kappa shape index (κ2) is 15.3. The molecule has 3 aliphatic rings. The number of fused-ring (bicyclic) bond motifs is 1. The molecule has 2 atom stereocenters. The molecule has 2 saturated carbocycles. The minimum absolute atomic E-state index is 0.781. The van der Waals surface area contributed by atoms with Gasteiger partial charge in [0, 0.05) is 11.4 Å². The predicted octanol–water partition coefficient (Wildman–Crippen LogP) is 9.59. The molecule has 0 aromatic rings. The Hall–Kier alpha value is -0.500. The SMILES string of the molecule is C=CN=C1SC2CCCC2C1=C(C)C.CC.CCCCCCC1CCC(C)CC1. The Morgan fingerprint density at radius 1 is 1.03 bits per heavy atom. The molecule has 1 aliphatic heterocycles. The summed E-state index contributed by atoms with van der Waals surface area (Å²) in [7, 11) is 0. The fourth-order valence-corrected chi connectivity index (χ4v) is 6.63. The zero-order chi connectivity index (χ0) is 21.6. The molecule has 0 spiro atoms. The molecule has 0 aromatic heterocycles. The van der Waals surface area contributed by atoms with Crippen LogP contribution in [-0.2, 0) is 0 Å². The van der Waals surface area contributed by atoms with Crippen molar-refractivity contribution in [3.63, 3.8) is 0 Å². The van der Waals surface area contributed by atoms with E-state index in [2.05, 4.69) is 39.3 Å². The first-order chi connectivity index (χ1) is 14.1. The van der Waals surface area contributed by atoms with Crippen molar-refractivity contribution in [2.45, 2.75) is 124 Å². The highest BCUT2D eigenvalue weighted by atomic mass is 32.2. The summed E-state index contributed by atoms with van der Waals surface area (Å²) in [5.74, 6) is 2.89. The normalized spacial score (nSPS) is 29.4. The molecular formula is C27H49NS. The van der Waals surface area contributed by atoms with E-state index in [0.717, 1.165) is 23.0 Å². The second-order valence-corrected chi connectivity index (χ2v) is 10.4. The molecule has 1 saturated heterocycles. The van der Waals surface area contributed by atoms with Gasteiger partial charge in [0.25, 0.3) is 0 Å². The van der Waals surface area contributed by atoms with E-state index in [-0.39, 0.29) is 0 Å². The minimum Gasteiger partial charge on any atom is -0.250 e. The van der Waals surface area contributed by atoms with E-state index in [1.807, 2.05) is 25.6 Å². The van der Waals surface area contributed by atoms with Crippen molar-refractivity contribution in [2.75, 3.05) is 0 Å². The highest BCUT2D eigenvalue weighted by Crippen LogP contribution is 2.49. The zero-order valence-corrected chi connectivity index (χ0v) is 21.3. The van der Waals surface area contributed by atoms with Crippen LogP contribution in [-0.4, -0.2) is 10.3 Å². The highest BCUT2D eigenvalue weighted by molar-refractivity contribution is 8.15. The third-order valence-electron chi connectivity index (χ3n) is 6.67. The molecule has 0 aromatic carbocycles. The Morgan fingerprint density at radius 3 is 2.31 bits per heavy atom. The van der Waals surface area contributed by atoms with Crippen LogP contribution in [0.1, 0.15) is 119 Å². The lowest BCUT2D eigenvalue weighted by Crippen LogP contribution is -2.11. The smallest absolute Gasteiger partial charge is 0.0997 e. The predicted molar refractivity (Wildman–Crippen MR) is 136 cm³/mol. The van der Waals surface area contributed by atoms with Gasteiger partial charge >= 0.3 is 0 Å². The van der Waals surface area contributed by atoms with E-state index >= 15 is 0 Å². The van der Waals surface area contributed by atoms with Gasteiger partial charge in [-0.2, -0.15) is 0 Å². The molecule has 29 heavy (non-hydrogen) atoms. The molecule has 3 rings (SSSR count). The van der Waals surface area contributed by atoms with Crippen molar-refractivity contribution in [3.8, 4) is 0 Å². The van der Waals surface area contributed by atoms with E-state index in [4.69, 9.17) is 0 Å². The van der Waals surface area contributed by atoms with Crippen LogP contribution in [0.3, 0.4) is 0 Å². The van der Waals surface area contributed by atoms with E-state index < -0.39 is 0 Å². The van der Waals surface area contributed by atoms with Crippen molar-refractivity contribution in [1.82, 2.24) is 0 Å². The highest BCUT2D eigenvalue weighted by Gasteiger charge is 2.40. The molecule has 3 fully saturated rings. The minimum atomic E-state index is 0.781. The lowest BCUT2D eigenvalue weighted by Gasteiger charge is -2.25. The van der Waals surface area contributed by atoms with Crippen molar-refractivity contribution >= 4 is 16.8 Å². The maximum Gasteiger partial charge on any atom is 0.0997 e. The number of hydrogen-bond acceptors (Lipinski definition) is 2. The van der Waals surface area contributed by atoms with Crippen LogP contribution in [0.15, 0.2) is 28.9 Å². The standard InChI is InChI=1S/C13H26.C12H17NS.C2H6/c1-3-4-5-6-7-13-10-8-12(2)9-11-13;1-4-13-12-11(8(2)3)9-6-5-7-10(9)14-12;1-2/h12-13H,3-11H2,1-2H3;4,9-10H,1,5-7H2,2-3H3;1-2H3. The summed E-state index contributed by atoms with van der Waals surface area (Å²) >= 11 is 1.96. The lowest BCUT2D eigenvalue weighted by atomic mass is 9.80. The van der Waals surface area contributed by atoms with Gasteiger partial charge in [0.1, 0.15) is 0 Å². The molecule has 2 aliphatic carbocycles. The van der Waals surface area contributed by atoms with Crippen LogP contribution in [0.5, 0.6) is 0 Å². The third-order valence-corrected chi connectivity index (χ3v) is 8.08. The van der Waals surface area contributed by atoms with Crippen molar-refractivity contribution in [2.24, 2.45) is 22.7 Å². The largest absolute Gasteiger partial charge is 0.250 e. The van der Waals surface area contributed by atoms with Gasteiger partial charge in [0.15, 0.2) is 0 Å². The maximum atomic E-state index is 4.39. The first-order valence-electron chi connectivity index (χ1n) is 12.6. The van der Waals surface area contributed by atoms with E-state index in [9.17, 15) is 0 Å². The molecule has 0 radical (unpaired) electrons. The summed E-state index contributed by atoms with van der Waals surface area (Å²) in [5.41, 5.74) is 2.95. The lowest BCUT2D eigenvalue weighted by molar-refractivity contribution is 0.271. The topological polar surface area (TPSA) is 12.4 Å². The molecule has 2 unspecified atom stereocenters. The van der Waals surface area contributed by atoms with Gasteiger partial charge in [0.05, 0.1) is 5.04 Å². The Bertz CT molecular complexity index is 507. The van der Waals surface area contributed by atoms with Crippen LogP contribution in [0, 0.1) is 17.8 Å². The summed E-state index contributed by atoms with van der Waals surface area (Å²) < 4.78 is 0. The van der Waals surface area contributed by atoms with Gasteiger partial charge in [-0.05, 0) is 50.0 Å². The quantitative estimate of drug-likeness (QED) is 0.390. The molecule has 168 valence electrons. The first-order valence-corrected chi connectivity index (χ1v) is 13.5. The van der Waals surface area contributed by atoms with Crippen molar-refractivity contribution in [3.05, 3.63) is 23.9 Å². The first kappa shape index (κ1) is 26.5. The Morgan fingerprint density at radius 2 is 1.72 bits per heavy atom. The number of unbranched alkanes of at least 4 members (excludes halogenated alkanes) is 3. The number of aliphatic imine (C=N–C) groups is 1. The van der Waals surface area contributed by atoms with Gasteiger partial charge in [-0.15, -0.1) is 11.8 Å². The summed E-state index contributed by atoms with van der Waals surface area (Å²) in [4.78, 5) is 4.39. The van der Waals surface area contributed by atoms with Gasteiger partial charge in [-0.3, -0.25) is 4.99 Å². The van der Waals surface area contributed by atoms with Crippen LogP contribution in [0.25, 0.3) is 0 Å². The fraction of sp³-hybridized carbons (Fsp3) is 0.815. The van der Waals surface area contributed by atoms with Gasteiger partial charge in [-0.1, -0.05) is 104 Å². The molecule has 0 bridgehead atoms. The van der Waals surface area contributed by atoms with Crippen LogP contribution < -0.4 is 0 Å². The molecule has 2 heteroatoms. The molecule has 1 heterocycles. The Labute approximate surface area is 187 Å². The van der Waals surface area contributed by atoms with Crippen LogP contribution in [0.2, 0.25) is 0 Å². The summed E-state index contributed by atoms with van der Waals surface area (Å²) in [5, 5.41) is 2.04. The number of nitrogens with zero attached hydrogens (tertiary/aromatic N) is 1. The Kier molecular flexibility index (Phi) is 14.0. The van der Waals surface area contributed by atoms with E-state index in [1.54, 1.807) is 6.20 Å². The molecule has 1 nitrogen and oxygen atoms in total. The van der Waals surface area contributed by atoms with Gasteiger partial charge < -0.3 is 0 Å². The zero-order valence-electron chi connectivity index (χ0n) is 20.4. The number of hydrogen-bond donors (Lipinski definition) is 0. The van der Waals surface area contributed by atoms with E-state index in [1.165, 1.54) is 93.2 Å². The van der Waals surface area contributed by atoms with Crippen molar-refractivity contribution < 1.29 is 0 Å². The second-order valence-electron chi connectivity index (χ2n) is 9.20. The Balaban J connectivity index is 0.000000268. The van der Waals surface area contributed by atoms with Gasteiger partial charge in [-0.25, -0.2) is 0 Å². The fourth-order valence-electron chi connectivity index (χ4n) is 5.01. The average molecular weight is 420 g/mol. The summed E-state index contributed by atoms with van der Waals surface area (Å²) in [6.07, 6.45) is 19.1. The van der Waals surface area contributed by atoms with Crippen LogP contribution in [0.4, 0.5) is 0 Å². The monoisotopic (exact) mass is 419 g/mol. The summed E-state index contributed by atoms with van der Waals surface area (Å²) in [6, 6.07) is 0. The maximum absolute atomic E-state index is 4.39. The third kappa shape index (κ3) is 9.03. The molecule has 0 N–H and O–H groups in total. The van der Waals surface area contributed by atoms with Gasteiger partial charge in [0.2, 0.25) is 0 Å². The molecular weight excluding hydrogens is 370 g/mol. The number of allylic oxidation sites excluding steroid dienone is 1. The summed E-state index contributed by atoms with van der Waals surface area (Å²) in [6.45, 7) is 16.8. The number of rotatable bonds is 6. The number of thioether (sulfide) groups is 1. The van der Waals surface area contributed by atoms with Crippen LogP contribution >= 0.6 is 11.8 Å². The van der Waals surface area contributed by atoms with Crippen molar-refractivity contribution in [1.29, 1.82) is 0 Å². The van der Waals surface area contributed by atoms with E-state index in [0.29, 0.717) is 0 Å².